The number of hydrogen-bond acceptors (Lipinski definition) is 5. The molecule has 0 radical (unpaired) electrons. The number of thioether (sulfide) groups is 1. The van der Waals surface area contributed by atoms with Gasteiger partial charge in [0.1, 0.15) is 0 Å². The minimum absolute atomic E-state index is 0.102. The zero-order valence-corrected chi connectivity index (χ0v) is 10.2. The third-order valence-corrected chi connectivity index (χ3v) is 4.24. The lowest BCUT2D eigenvalue weighted by Gasteiger charge is -2.37. The van der Waals surface area contributed by atoms with Crippen molar-refractivity contribution in [3.8, 4) is 0 Å². The Hall–Kier alpha value is -0.590. The van der Waals surface area contributed by atoms with Gasteiger partial charge in [-0.3, -0.25) is 0 Å². The van der Waals surface area contributed by atoms with E-state index in [-0.39, 0.29) is 11.9 Å². The summed E-state index contributed by atoms with van der Waals surface area (Å²) >= 11 is 1.53. The van der Waals surface area contributed by atoms with E-state index < -0.39 is 18.2 Å². The molecule has 1 fully saturated rings. The fraction of sp³-hybridized carbons (Fsp3) is 0.500. The SMILES string of the molecule is OC[C@H]1NC[C@H](Sc2ccccc2)[C@@H](O)[C@@H]1O. The second-order valence-corrected chi connectivity index (χ2v) is 5.46. The van der Waals surface area contributed by atoms with Crippen molar-refractivity contribution < 1.29 is 15.3 Å². The summed E-state index contributed by atoms with van der Waals surface area (Å²) < 4.78 is 0. The predicted octanol–water partition coefficient (Wildman–Crippen LogP) is -0.167. The molecule has 1 aliphatic rings. The number of piperidine rings is 1. The smallest absolute Gasteiger partial charge is 0.0985 e. The van der Waals surface area contributed by atoms with Gasteiger partial charge in [0.25, 0.3) is 0 Å². The van der Waals surface area contributed by atoms with Crippen LogP contribution in [-0.4, -0.2) is 52.0 Å². The first kappa shape index (κ1) is 12.9. The molecule has 4 nitrogen and oxygen atoms in total. The molecule has 4 atom stereocenters. The first-order valence-electron chi connectivity index (χ1n) is 5.64. The van der Waals surface area contributed by atoms with Gasteiger partial charge in [0.15, 0.2) is 0 Å². The maximum atomic E-state index is 9.98. The summed E-state index contributed by atoms with van der Waals surface area (Å²) in [6.45, 7) is 0.407. The standard InChI is InChI=1S/C12H17NO3S/c14-7-9-11(15)12(16)10(6-13-9)17-8-4-2-1-3-5-8/h1-5,9-16H,6-7H2/t9-,10+,11-,12-/m1/s1. The molecule has 5 heteroatoms. The van der Waals surface area contributed by atoms with Gasteiger partial charge in [0.05, 0.1) is 30.1 Å². The molecule has 1 heterocycles. The summed E-state index contributed by atoms with van der Waals surface area (Å²) in [5, 5.41) is 31.7. The fourth-order valence-corrected chi connectivity index (χ4v) is 3.07. The quantitative estimate of drug-likeness (QED) is 0.604. The van der Waals surface area contributed by atoms with E-state index in [1.54, 1.807) is 0 Å². The van der Waals surface area contributed by atoms with Crippen molar-refractivity contribution in [1.82, 2.24) is 5.32 Å². The summed E-state index contributed by atoms with van der Waals surface area (Å²) in [4.78, 5) is 1.06. The van der Waals surface area contributed by atoms with E-state index in [0.717, 1.165) is 4.90 Å². The van der Waals surface area contributed by atoms with Crippen LogP contribution in [-0.2, 0) is 0 Å². The number of aliphatic hydroxyl groups is 3. The number of hydrogen-bond donors (Lipinski definition) is 4. The van der Waals surface area contributed by atoms with Crippen LogP contribution in [0.5, 0.6) is 0 Å². The van der Waals surface area contributed by atoms with Crippen LogP contribution >= 0.6 is 11.8 Å². The van der Waals surface area contributed by atoms with Crippen molar-refractivity contribution >= 4 is 11.8 Å². The molecule has 0 amide bonds. The first-order valence-corrected chi connectivity index (χ1v) is 6.52. The van der Waals surface area contributed by atoms with E-state index in [1.807, 2.05) is 30.3 Å². The Morgan fingerprint density at radius 2 is 1.88 bits per heavy atom. The van der Waals surface area contributed by atoms with Crippen LogP contribution in [0.15, 0.2) is 35.2 Å². The van der Waals surface area contributed by atoms with Crippen molar-refractivity contribution in [1.29, 1.82) is 0 Å². The van der Waals surface area contributed by atoms with Crippen LogP contribution in [0, 0.1) is 0 Å². The Morgan fingerprint density at radius 3 is 2.53 bits per heavy atom. The molecule has 94 valence electrons. The molecule has 0 bridgehead atoms. The van der Waals surface area contributed by atoms with Crippen LogP contribution in [0.25, 0.3) is 0 Å². The van der Waals surface area contributed by atoms with Gasteiger partial charge in [-0.15, -0.1) is 11.8 Å². The minimum atomic E-state index is -0.921. The Bertz CT molecular complexity index is 349. The van der Waals surface area contributed by atoms with E-state index in [1.165, 1.54) is 11.8 Å². The highest BCUT2D eigenvalue weighted by molar-refractivity contribution is 8.00. The third-order valence-electron chi connectivity index (χ3n) is 2.95. The fourth-order valence-electron chi connectivity index (χ4n) is 1.92. The Balaban J connectivity index is 1.99. The molecule has 0 unspecified atom stereocenters. The molecule has 1 aromatic rings. The second kappa shape index (κ2) is 5.84. The van der Waals surface area contributed by atoms with E-state index in [4.69, 9.17) is 5.11 Å². The molecule has 0 aromatic heterocycles. The van der Waals surface area contributed by atoms with Gasteiger partial charge in [-0.25, -0.2) is 0 Å². The zero-order chi connectivity index (χ0) is 12.3. The number of benzene rings is 1. The number of aliphatic hydroxyl groups excluding tert-OH is 3. The Labute approximate surface area is 105 Å². The average Bonchev–Trinajstić information content (AvgIpc) is 2.37. The highest BCUT2D eigenvalue weighted by atomic mass is 32.2. The molecule has 0 spiro atoms. The third kappa shape index (κ3) is 3.00. The second-order valence-electron chi connectivity index (χ2n) is 4.15. The maximum Gasteiger partial charge on any atom is 0.0985 e. The predicted molar refractivity (Wildman–Crippen MR) is 67.0 cm³/mol. The van der Waals surface area contributed by atoms with Crippen molar-refractivity contribution in [2.75, 3.05) is 13.2 Å². The molecule has 0 saturated carbocycles. The van der Waals surface area contributed by atoms with Crippen molar-refractivity contribution in [2.24, 2.45) is 0 Å². The molecular weight excluding hydrogens is 238 g/mol. The molecule has 1 aromatic carbocycles. The topological polar surface area (TPSA) is 72.7 Å². The Morgan fingerprint density at radius 1 is 1.18 bits per heavy atom. The summed E-state index contributed by atoms with van der Waals surface area (Å²) in [7, 11) is 0. The maximum absolute atomic E-state index is 9.98. The zero-order valence-electron chi connectivity index (χ0n) is 9.36. The molecule has 17 heavy (non-hydrogen) atoms. The highest BCUT2D eigenvalue weighted by Gasteiger charge is 2.37. The lowest BCUT2D eigenvalue weighted by molar-refractivity contribution is -0.0345. The lowest BCUT2D eigenvalue weighted by Crippen LogP contribution is -2.59. The number of nitrogens with one attached hydrogen (secondary N) is 1. The summed E-state index contributed by atoms with van der Waals surface area (Å²) in [5.74, 6) is 0. The van der Waals surface area contributed by atoms with Gasteiger partial charge in [-0.05, 0) is 12.1 Å². The monoisotopic (exact) mass is 255 g/mol. The summed E-state index contributed by atoms with van der Waals surface area (Å²) in [6, 6.07) is 9.34. The van der Waals surface area contributed by atoms with Gasteiger partial charge in [0.2, 0.25) is 0 Å². The van der Waals surface area contributed by atoms with Crippen molar-refractivity contribution in [2.45, 2.75) is 28.4 Å². The van der Waals surface area contributed by atoms with Crippen molar-refractivity contribution in [3.63, 3.8) is 0 Å². The average molecular weight is 255 g/mol. The molecule has 1 saturated heterocycles. The van der Waals surface area contributed by atoms with Gasteiger partial charge in [-0.1, -0.05) is 18.2 Å². The van der Waals surface area contributed by atoms with Gasteiger partial charge in [0, 0.05) is 11.4 Å². The van der Waals surface area contributed by atoms with Gasteiger partial charge < -0.3 is 20.6 Å². The van der Waals surface area contributed by atoms with Crippen LogP contribution in [0.4, 0.5) is 0 Å². The molecule has 4 N–H and O–H groups in total. The summed E-state index contributed by atoms with van der Waals surface area (Å²) in [6.07, 6.45) is -1.74. The van der Waals surface area contributed by atoms with E-state index in [0.29, 0.717) is 6.54 Å². The van der Waals surface area contributed by atoms with Crippen LogP contribution in [0.3, 0.4) is 0 Å². The van der Waals surface area contributed by atoms with Crippen molar-refractivity contribution in [3.05, 3.63) is 30.3 Å². The van der Waals surface area contributed by atoms with E-state index in [2.05, 4.69) is 5.32 Å². The van der Waals surface area contributed by atoms with Crippen LogP contribution < -0.4 is 5.32 Å². The molecule has 0 aliphatic carbocycles. The first-order chi connectivity index (χ1) is 8.22. The highest BCUT2D eigenvalue weighted by Crippen LogP contribution is 2.28. The molecule has 1 aliphatic heterocycles. The largest absolute Gasteiger partial charge is 0.395 e. The molecular formula is C12H17NO3S. The molecule has 2 rings (SSSR count). The lowest BCUT2D eigenvalue weighted by atomic mass is 9.99. The number of rotatable bonds is 3. The van der Waals surface area contributed by atoms with Crippen LogP contribution in [0.1, 0.15) is 0 Å². The normalized spacial score (nSPS) is 33.6. The minimum Gasteiger partial charge on any atom is -0.395 e. The Kier molecular flexibility index (Phi) is 4.42. The van der Waals surface area contributed by atoms with Gasteiger partial charge >= 0.3 is 0 Å². The van der Waals surface area contributed by atoms with Crippen LogP contribution in [0.2, 0.25) is 0 Å². The van der Waals surface area contributed by atoms with E-state index in [9.17, 15) is 10.2 Å². The summed E-state index contributed by atoms with van der Waals surface area (Å²) in [5.41, 5.74) is 0. The van der Waals surface area contributed by atoms with Gasteiger partial charge in [-0.2, -0.15) is 0 Å². The van der Waals surface area contributed by atoms with E-state index >= 15 is 0 Å².